The lowest BCUT2D eigenvalue weighted by molar-refractivity contribution is -0.184. The molecule has 1 fully saturated rings. The lowest BCUT2D eigenvalue weighted by atomic mass is 9.76. The van der Waals surface area contributed by atoms with Gasteiger partial charge in [-0.2, -0.15) is 0 Å². The van der Waals surface area contributed by atoms with Crippen molar-refractivity contribution in [2.45, 2.75) is 65.3 Å². The van der Waals surface area contributed by atoms with Crippen molar-refractivity contribution in [2.24, 2.45) is 5.41 Å². The summed E-state index contributed by atoms with van der Waals surface area (Å²) in [4.78, 5) is 0. The summed E-state index contributed by atoms with van der Waals surface area (Å²) in [6.07, 6.45) is 8.37. The molecule has 0 N–H and O–H groups in total. The van der Waals surface area contributed by atoms with E-state index in [0.29, 0.717) is 5.41 Å². The Kier molecular flexibility index (Phi) is 3.70. The van der Waals surface area contributed by atoms with Crippen LogP contribution in [0.1, 0.15) is 52.9 Å². The average Bonchev–Trinajstić information content (AvgIpc) is 2.15. The van der Waals surface area contributed by atoms with Crippen molar-refractivity contribution in [2.75, 3.05) is 6.61 Å². The molecule has 92 valence electrons. The van der Waals surface area contributed by atoms with Gasteiger partial charge in [-0.05, 0) is 44.4 Å². The summed E-state index contributed by atoms with van der Waals surface area (Å²) >= 11 is 0. The van der Waals surface area contributed by atoms with Gasteiger partial charge in [-0.25, -0.2) is 0 Å². The molecule has 0 spiro atoms. The predicted molar refractivity (Wildman–Crippen MR) is 65.2 cm³/mol. The molecule has 0 aromatic carbocycles. The monoisotopic (exact) mass is 224 g/mol. The Morgan fingerprint density at radius 3 is 2.81 bits per heavy atom. The van der Waals surface area contributed by atoms with Crippen LogP contribution in [0.4, 0.5) is 0 Å². The van der Waals surface area contributed by atoms with E-state index in [4.69, 9.17) is 9.47 Å². The molecule has 1 aliphatic heterocycles. The van der Waals surface area contributed by atoms with Crippen LogP contribution < -0.4 is 0 Å². The number of allylic oxidation sites excluding steroid dienone is 1. The molecule has 2 atom stereocenters. The van der Waals surface area contributed by atoms with Gasteiger partial charge in [0.25, 0.3) is 0 Å². The fourth-order valence-electron chi connectivity index (χ4n) is 2.91. The van der Waals surface area contributed by atoms with E-state index in [0.717, 1.165) is 19.4 Å². The van der Waals surface area contributed by atoms with E-state index in [-0.39, 0.29) is 12.4 Å². The van der Waals surface area contributed by atoms with Gasteiger partial charge in [0.05, 0.1) is 6.10 Å². The topological polar surface area (TPSA) is 18.5 Å². The molecule has 1 aliphatic carbocycles. The van der Waals surface area contributed by atoms with Gasteiger partial charge < -0.3 is 9.47 Å². The summed E-state index contributed by atoms with van der Waals surface area (Å²) in [5.41, 5.74) is 1.83. The summed E-state index contributed by atoms with van der Waals surface area (Å²) in [5.74, 6) is 0. The quantitative estimate of drug-likeness (QED) is 0.666. The van der Waals surface area contributed by atoms with Crippen molar-refractivity contribution in [1.82, 2.24) is 0 Å². The smallest absolute Gasteiger partial charge is 0.158 e. The zero-order valence-electron chi connectivity index (χ0n) is 10.8. The Hall–Kier alpha value is -0.340. The van der Waals surface area contributed by atoms with Gasteiger partial charge in [-0.15, -0.1) is 0 Å². The summed E-state index contributed by atoms with van der Waals surface area (Å²) in [6.45, 7) is 7.71. The van der Waals surface area contributed by atoms with Crippen LogP contribution in [0.5, 0.6) is 0 Å². The fourth-order valence-corrected chi connectivity index (χ4v) is 2.91. The van der Waals surface area contributed by atoms with Gasteiger partial charge in [0.1, 0.15) is 0 Å². The minimum atomic E-state index is 0.0386. The first-order valence-electron chi connectivity index (χ1n) is 6.49. The molecule has 2 heteroatoms. The molecule has 16 heavy (non-hydrogen) atoms. The fraction of sp³-hybridized carbons (Fsp3) is 0.857. The average molecular weight is 224 g/mol. The zero-order valence-corrected chi connectivity index (χ0v) is 10.8. The summed E-state index contributed by atoms with van der Waals surface area (Å²) in [5, 5.41) is 0. The van der Waals surface area contributed by atoms with Crippen LogP contribution in [-0.4, -0.2) is 19.0 Å². The summed E-state index contributed by atoms with van der Waals surface area (Å²) < 4.78 is 11.7. The number of rotatable bonds is 2. The second-order valence-electron chi connectivity index (χ2n) is 6.03. The molecular formula is C14H24O2. The molecule has 1 saturated heterocycles. The first kappa shape index (κ1) is 12.1. The van der Waals surface area contributed by atoms with Crippen LogP contribution in [0.15, 0.2) is 11.6 Å². The third kappa shape index (κ3) is 3.33. The standard InChI is InChI=1S/C14H24O2/c1-11-8-12(10-14(2,3)9-11)16-13-6-4-5-7-15-13/h8,12-13H,4-7,9-10H2,1-3H3/t12-,13+/m1/s1. The molecular weight excluding hydrogens is 200 g/mol. The molecule has 0 radical (unpaired) electrons. The van der Waals surface area contributed by atoms with Gasteiger partial charge >= 0.3 is 0 Å². The van der Waals surface area contributed by atoms with Crippen molar-refractivity contribution >= 4 is 0 Å². The van der Waals surface area contributed by atoms with E-state index in [2.05, 4.69) is 26.8 Å². The highest BCUT2D eigenvalue weighted by atomic mass is 16.7. The molecule has 1 heterocycles. The van der Waals surface area contributed by atoms with Gasteiger partial charge in [0, 0.05) is 6.61 Å². The Balaban J connectivity index is 1.91. The Morgan fingerprint density at radius 1 is 1.38 bits per heavy atom. The van der Waals surface area contributed by atoms with Gasteiger partial charge in [-0.1, -0.05) is 25.5 Å². The molecule has 0 unspecified atom stereocenters. The molecule has 2 nitrogen and oxygen atoms in total. The van der Waals surface area contributed by atoms with Crippen molar-refractivity contribution in [1.29, 1.82) is 0 Å². The van der Waals surface area contributed by atoms with Gasteiger partial charge in [-0.3, -0.25) is 0 Å². The maximum atomic E-state index is 6.04. The normalized spacial score (nSPS) is 34.6. The highest BCUT2D eigenvalue weighted by Crippen LogP contribution is 2.37. The van der Waals surface area contributed by atoms with E-state index >= 15 is 0 Å². The molecule has 0 saturated carbocycles. The molecule has 0 aromatic heterocycles. The van der Waals surface area contributed by atoms with Crippen LogP contribution in [0.2, 0.25) is 0 Å². The van der Waals surface area contributed by atoms with E-state index in [9.17, 15) is 0 Å². The summed E-state index contributed by atoms with van der Waals surface area (Å²) in [7, 11) is 0. The molecule has 0 amide bonds. The van der Waals surface area contributed by atoms with Crippen LogP contribution in [0.3, 0.4) is 0 Å². The maximum Gasteiger partial charge on any atom is 0.158 e. The predicted octanol–water partition coefficient (Wildman–Crippen LogP) is 3.66. The van der Waals surface area contributed by atoms with Crippen molar-refractivity contribution in [3.05, 3.63) is 11.6 Å². The largest absolute Gasteiger partial charge is 0.353 e. The van der Waals surface area contributed by atoms with Crippen molar-refractivity contribution in [3.63, 3.8) is 0 Å². The molecule has 0 aromatic rings. The molecule has 2 aliphatic rings. The Labute approximate surface area is 99.0 Å². The SMILES string of the molecule is CC1=C[C@@H](O[C@H]2CCCCO2)CC(C)(C)C1. The van der Waals surface area contributed by atoms with Crippen LogP contribution >= 0.6 is 0 Å². The molecule has 2 rings (SSSR count). The minimum absolute atomic E-state index is 0.0386. The van der Waals surface area contributed by atoms with E-state index in [1.54, 1.807) is 0 Å². The third-order valence-corrected chi connectivity index (χ3v) is 3.45. The van der Waals surface area contributed by atoms with E-state index in [1.807, 2.05) is 0 Å². The van der Waals surface area contributed by atoms with Crippen LogP contribution in [0.25, 0.3) is 0 Å². The lowest BCUT2D eigenvalue weighted by Crippen LogP contribution is -2.32. The van der Waals surface area contributed by atoms with Gasteiger partial charge in [0.15, 0.2) is 6.29 Å². The second-order valence-corrected chi connectivity index (χ2v) is 6.03. The van der Waals surface area contributed by atoms with E-state index in [1.165, 1.54) is 24.8 Å². The first-order chi connectivity index (χ1) is 7.55. The maximum absolute atomic E-state index is 6.04. The highest BCUT2D eigenvalue weighted by molar-refractivity contribution is 5.10. The van der Waals surface area contributed by atoms with Crippen LogP contribution in [-0.2, 0) is 9.47 Å². The van der Waals surface area contributed by atoms with Crippen molar-refractivity contribution < 1.29 is 9.47 Å². The Morgan fingerprint density at radius 2 is 2.19 bits per heavy atom. The lowest BCUT2D eigenvalue weighted by Gasteiger charge is -2.36. The van der Waals surface area contributed by atoms with E-state index < -0.39 is 0 Å². The first-order valence-corrected chi connectivity index (χ1v) is 6.49. The van der Waals surface area contributed by atoms with Gasteiger partial charge in [0.2, 0.25) is 0 Å². The third-order valence-electron chi connectivity index (χ3n) is 3.45. The minimum Gasteiger partial charge on any atom is -0.353 e. The highest BCUT2D eigenvalue weighted by Gasteiger charge is 2.29. The zero-order chi connectivity index (χ0) is 11.6. The second kappa shape index (κ2) is 4.89. The number of ether oxygens (including phenoxy) is 2. The summed E-state index contributed by atoms with van der Waals surface area (Å²) in [6, 6.07) is 0. The van der Waals surface area contributed by atoms with Crippen LogP contribution in [0, 0.1) is 5.41 Å². The number of hydrogen-bond acceptors (Lipinski definition) is 2. The molecule has 0 bridgehead atoms. The van der Waals surface area contributed by atoms with Crippen molar-refractivity contribution in [3.8, 4) is 0 Å². The number of hydrogen-bond donors (Lipinski definition) is 0. The Bertz CT molecular complexity index is 262.